The second-order valence-electron chi connectivity index (χ2n) is 9.05. The van der Waals surface area contributed by atoms with E-state index in [1.807, 2.05) is 31.2 Å². The largest absolute Gasteiger partial charge is 0.507 e. The van der Waals surface area contributed by atoms with Crippen molar-refractivity contribution in [3.8, 4) is 5.75 Å². The third kappa shape index (κ3) is 4.46. The molecule has 2 aliphatic rings. The van der Waals surface area contributed by atoms with Crippen LogP contribution >= 0.6 is 0 Å². The Bertz CT molecular complexity index is 1250. The third-order valence-electron chi connectivity index (χ3n) is 6.42. The Hall–Kier alpha value is -3.13. The minimum absolute atomic E-state index is 0.0317. The minimum Gasteiger partial charge on any atom is -0.507 e. The zero-order valence-electron chi connectivity index (χ0n) is 19.5. The molecule has 2 saturated heterocycles. The molecule has 0 bridgehead atoms. The van der Waals surface area contributed by atoms with E-state index in [9.17, 15) is 23.1 Å². The van der Waals surface area contributed by atoms with Gasteiger partial charge >= 0.3 is 0 Å². The van der Waals surface area contributed by atoms with Crippen molar-refractivity contribution in [1.82, 2.24) is 4.90 Å². The van der Waals surface area contributed by atoms with Crippen LogP contribution in [-0.2, 0) is 19.4 Å². The first-order valence-electron chi connectivity index (χ1n) is 11.5. The van der Waals surface area contributed by atoms with Crippen molar-refractivity contribution in [2.75, 3.05) is 18.1 Å². The van der Waals surface area contributed by atoms with E-state index in [1.54, 1.807) is 24.3 Å². The highest BCUT2D eigenvalue weighted by Gasteiger charge is 2.50. The first-order valence-corrected chi connectivity index (χ1v) is 13.3. The Morgan fingerprint density at radius 1 is 1.15 bits per heavy atom. The molecule has 2 aromatic carbocycles. The second-order valence-corrected chi connectivity index (χ2v) is 11.3. The van der Waals surface area contributed by atoms with Crippen LogP contribution in [0.2, 0.25) is 0 Å². The minimum atomic E-state index is -3.30. The molecule has 7 nitrogen and oxygen atoms in total. The first-order chi connectivity index (χ1) is 16.1. The molecule has 8 heteroatoms. The fraction of sp³-hybridized carbons (Fsp3) is 0.385. The molecule has 0 spiro atoms. The number of hydrogen-bond acceptors (Lipinski definition) is 6. The Morgan fingerprint density at radius 3 is 2.44 bits per heavy atom. The van der Waals surface area contributed by atoms with Gasteiger partial charge in [0.05, 0.1) is 29.7 Å². The van der Waals surface area contributed by atoms with Gasteiger partial charge in [0.2, 0.25) is 0 Å². The number of likely N-dealkylation sites (tertiary alicyclic amines) is 1. The predicted molar refractivity (Wildman–Crippen MR) is 129 cm³/mol. The molecule has 0 unspecified atom stereocenters. The number of aliphatic hydroxyl groups excluding tert-OH is 1. The van der Waals surface area contributed by atoms with Gasteiger partial charge in [0.15, 0.2) is 9.84 Å². The van der Waals surface area contributed by atoms with E-state index in [-0.39, 0.29) is 29.3 Å². The molecule has 2 fully saturated rings. The van der Waals surface area contributed by atoms with E-state index in [0.29, 0.717) is 29.4 Å². The van der Waals surface area contributed by atoms with E-state index < -0.39 is 33.6 Å². The molecule has 1 N–H and O–H groups in total. The van der Waals surface area contributed by atoms with Gasteiger partial charge < -0.3 is 14.7 Å². The van der Waals surface area contributed by atoms with Crippen LogP contribution in [0.4, 0.5) is 0 Å². The topological polar surface area (TPSA) is 101 Å². The molecular formula is C26H29NO6S. The lowest BCUT2D eigenvalue weighted by atomic mass is 9.92. The smallest absolute Gasteiger partial charge is 0.295 e. The quantitative estimate of drug-likeness (QED) is 0.381. The second kappa shape index (κ2) is 9.25. The van der Waals surface area contributed by atoms with Crippen LogP contribution in [0.3, 0.4) is 0 Å². The van der Waals surface area contributed by atoms with Crippen LogP contribution in [0.15, 0.2) is 54.1 Å². The maximum Gasteiger partial charge on any atom is 0.295 e. The highest BCUT2D eigenvalue weighted by atomic mass is 32.2. The number of Topliss-reactive ketones (excluding diaryl/α,β-unsaturated/α-hetero) is 1. The van der Waals surface area contributed by atoms with Crippen molar-refractivity contribution in [2.24, 2.45) is 0 Å². The van der Waals surface area contributed by atoms with Gasteiger partial charge in [-0.05, 0) is 42.5 Å². The zero-order valence-corrected chi connectivity index (χ0v) is 20.3. The van der Waals surface area contributed by atoms with E-state index in [2.05, 4.69) is 13.8 Å². The van der Waals surface area contributed by atoms with Gasteiger partial charge in [0.1, 0.15) is 11.5 Å². The van der Waals surface area contributed by atoms with E-state index in [4.69, 9.17) is 4.74 Å². The Kier molecular flexibility index (Phi) is 6.53. The molecule has 34 heavy (non-hydrogen) atoms. The molecule has 0 aliphatic carbocycles. The summed E-state index contributed by atoms with van der Waals surface area (Å²) in [6.45, 7) is 6.41. The molecule has 1 amide bonds. The van der Waals surface area contributed by atoms with Gasteiger partial charge in [0.25, 0.3) is 11.7 Å². The van der Waals surface area contributed by atoms with Crippen LogP contribution in [0, 0.1) is 0 Å². The summed E-state index contributed by atoms with van der Waals surface area (Å²) in [6, 6.07) is 12.7. The van der Waals surface area contributed by atoms with Gasteiger partial charge in [-0.25, -0.2) is 8.42 Å². The molecule has 180 valence electrons. The van der Waals surface area contributed by atoms with Crippen LogP contribution in [0.25, 0.3) is 5.76 Å². The van der Waals surface area contributed by atoms with Gasteiger partial charge in [0, 0.05) is 11.6 Å². The van der Waals surface area contributed by atoms with Crippen molar-refractivity contribution in [3.63, 3.8) is 0 Å². The number of amides is 1. The Balaban J connectivity index is 1.86. The van der Waals surface area contributed by atoms with E-state index >= 15 is 0 Å². The normalized spacial score (nSPS) is 23.6. The van der Waals surface area contributed by atoms with Gasteiger partial charge in [-0.15, -0.1) is 0 Å². The molecule has 0 aromatic heterocycles. The molecule has 2 heterocycles. The zero-order chi connectivity index (χ0) is 24.6. The number of ketones is 1. The standard InChI is InChI=1S/C26H29NO6S/c1-4-33-21-7-5-6-19(14-21)24(28)22-23(18-10-8-17(9-11-18)16(2)3)27(26(30)25(22)29)20-12-13-34(31,32)15-20/h5-11,14,16,20,23,28H,4,12-13,15H2,1-3H3/t20-,23-/m0/s1. The molecule has 2 aliphatic heterocycles. The third-order valence-corrected chi connectivity index (χ3v) is 8.17. The lowest BCUT2D eigenvalue weighted by molar-refractivity contribution is -0.141. The van der Waals surface area contributed by atoms with Gasteiger partial charge in [-0.2, -0.15) is 0 Å². The average Bonchev–Trinajstić information content (AvgIpc) is 3.29. The van der Waals surface area contributed by atoms with E-state index in [0.717, 1.165) is 5.56 Å². The van der Waals surface area contributed by atoms with Crippen molar-refractivity contribution >= 4 is 27.3 Å². The number of rotatable bonds is 6. The maximum atomic E-state index is 13.2. The van der Waals surface area contributed by atoms with Gasteiger partial charge in [-0.3, -0.25) is 9.59 Å². The Morgan fingerprint density at radius 2 is 1.85 bits per heavy atom. The van der Waals surface area contributed by atoms with Crippen LogP contribution in [0.5, 0.6) is 5.75 Å². The number of ether oxygens (including phenoxy) is 1. The molecule has 2 atom stereocenters. The lowest BCUT2D eigenvalue weighted by Crippen LogP contribution is -2.40. The molecular weight excluding hydrogens is 454 g/mol. The summed E-state index contributed by atoms with van der Waals surface area (Å²) in [5.41, 5.74) is 2.05. The highest BCUT2D eigenvalue weighted by molar-refractivity contribution is 7.91. The number of hydrogen-bond donors (Lipinski definition) is 1. The predicted octanol–water partition coefficient (Wildman–Crippen LogP) is 3.82. The summed E-state index contributed by atoms with van der Waals surface area (Å²) < 4.78 is 29.9. The number of aliphatic hydroxyl groups is 1. The summed E-state index contributed by atoms with van der Waals surface area (Å²) >= 11 is 0. The fourth-order valence-corrected chi connectivity index (χ4v) is 6.38. The summed E-state index contributed by atoms with van der Waals surface area (Å²) in [5.74, 6) is -1.32. The molecule has 0 saturated carbocycles. The Labute approximate surface area is 200 Å². The number of benzene rings is 2. The molecule has 0 radical (unpaired) electrons. The summed E-state index contributed by atoms with van der Waals surface area (Å²) in [4.78, 5) is 27.8. The SMILES string of the molecule is CCOc1cccc(C(O)=C2C(=O)C(=O)N([C@H]3CCS(=O)(=O)C3)[C@H]2c2ccc(C(C)C)cc2)c1. The van der Waals surface area contributed by atoms with Crippen molar-refractivity contribution < 1.29 is 27.9 Å². The fourth-order valence-electron chi connectivity index (χ4n) is 4.67. The monoisotopic (exact) mass is 483 g/mol. The lowest BCUT2D eigenvalue weighted by Gasteiger charge is -2.30. The summed E-state index contributed by atoms with van der Waals surface area (Å²) in [5, 5.41) is 11.2. The van der Waals surface area contributed by atoms with Crippen molar-refractivity contribution in [1.29, 1.82) is 0 Å². The summed E-state index contributed by atoms with van der Waals surface area (Å²) in [7, 11) is -3.30. The van der Waals surface area contributed by atoms with Crippen molar-refractivity contribution in [2.45, 2.75) is 45.2 Å². The molecule has 4 rings (SSSR count). The van der Waals surface area contributed by atoms with Gasteiger partial charge in [-0.1, -0.05) is 50.2 Å². The van der Waals surface area contributed by atoms with Crippen LogP contribution in [-0.4, -0.2) is 54.3 Å². The first kappa shape index (κ1) is 24.0. The highest BCUT2D eigenvalue weighted by Crippen LogP contribution is 2.42. The van der Waals surface area contributed by atoms with E-state index in [1.165, 1.54) is 4.90 Å². The average molecular weight is 484 g/mol. The molecule has 2 aromatic rings. The maximum absolute atomic E-state index is 13.2. The number of carbonyl (C=O) groups is 2. The van der Waals surface area contributed by atoms with Crippen molar-refractivity contribution in [3.05, 3.63) is 70.8 Å². The number of carbonyl (C=O) groups excluding carboxylic acids is 2. The van der Waals surface area contributed by atoms with Crippen LogP contribution in [0.1, 0.15) is 55.8 Å². The summed E-state index contributed by atoms with van der Waals surface area (Å²) in [6.07, 6.45) is 0.260. The number of nitrogens with zero attached hydrogens (tertiary/aromatic N) is 1. The number of sulfone groups is 1. The van der Waals surface area contributed by atoms with Crippen LogP contribution < -0.4 is 4.74 Å².